The molecule has 2 aromatic rings. The lowest BCUT2D eigenvalue weighted by molar-refractivity contribution is 0.0689. The van der Waals surface area contributed by atoms with Gasteiger partial charge in [-0.3, -0.25) is 4.79 Å². The molecule has 2 aromatic heterocycles. The highest BCUT2D eigenvalue weighted by Crippen LogP contribution is 2.25. The minimum Gasteiger partial charge on any atom is -0.476 e. The van der Waals surface area contributed by atoms with Crippen LogP contribution in [0.15, 0.2) is 17.0 Å². The van der Waals surface area contributed by atoms with Crippen molar-refractivity contribution in [2.45, 2.75) is 32.2 Å². The summed E-state index contributed by atoms with van der Waals surface area (Å²) in [5.41, 5.74) is 0.235. The number of amides is 1. The third kappa shape index (κ3) is 2.81. The summed E-state index contributed by atoms with van der Waals surface area (Å²) >= 11 is 0. The average molecular weight is 319 g/mol. The minimum atomic E-state index is -1.12. The van der Waals surface area contributed by atoms with Crippen LogP contribution in [0.25, 0.3) is 0 Å². The SMILES string of the molecule is CC(C)c1ocnc1C(=O)N1CCC(n2cc(C(=O)O)nn2)C1. The Labute approximate surface area is 131 Å². The molecule has 0 aliphatic carbocycles. The van der Waals surface area contributed by atoms with E-state index in [1.54, 1.807) is 4.90 Å². The Hall–Kier alpha value is -2.71. The fraction of sp³-hybridized carbons (Fsp3) is 0.500. The molecule has 0 radical (unpaired) electrons. The van der Waals surface area contributed by atoms with Gasteiger partial charge in [-0.1, -0.05) is 19.1 Å². The van der Waals surface area contributed by atoms with E-state index < -0.39 is 5.97 Å². The molecule has 3 rings (SSSR count). The van der Waals surface area contributed by atoms with Gasteiger partial charge in [-0.05, 0) is 6.42 Å². The van der Waals surface area contributed by atoms with E-state index in [9.17, 15) is 9.59 Å². The smallest absolute Gasteiger partial charge is 0.358 e. The molecule has 0 saturated carbocycles. The molecule has 1 aliphatic heterocycles. The molecule has 1 unspecified atom stereocenters. The normalized spacial score (nSPS) is 17.9. The maximum absolute atomic E-state index is 12.6. The maximum atomic E-state index is 12.6. The van der Waals surface area contributed by atoms with Crippen molar-refractivity contribution in [1.82, 2.24) is 24.9 Å². The van der Waals surface area contributed by atoms with Gasteiger partial charge in [-0.2, -0.15) is 0 Å². The second kappa shape index (κ2) is 5.82. The number of carboxylic acids is 1. The van der Waals surface area contributed by atoms with Crippen LogP contribution >= 0.6 is 0 Å². The van der Waals surface area contributed by atoms with Gasteiger partial charge in [0.2, 0.25) is 0 Å². The first-order chi connectivity index (χ1) is 11.0. The van der Waals surface area contributed by atoms with Gasteiger partial charge < -0.3 is 14.4 Å². The average Bonchev–Trinajstić information content (AvgIpc) is 3.24. The van der Waals surface area contributed by atoms with Crippen molar-refractivity contribution in [3.05, 3.63) is 29.7 Å². The van der Waals surface area contributed by atoms with Gasteiger partial charge in [-0.25, -0.2) is 14.5 Å². The van der Waals surface area contributed by atoms with Crippen LogP contribution in [0.4, 0.5) is 0 Å². The van der Waals surface area contributed by atoms with Gasteiger partial charge >= 0.3 is 5.97 Å². The van der Waals surface area contributed by atoms with Gasteiger partial charge in [0, 0.05) is 19.0 Å². The lowest BCUT2D eigenvalue weighted by Crippen LogP contribution is -2.30. The van der Waals surface area contributed by atoms with E-state index in [-0.39, 0.29) is 23.6 Å². The molecule has 122 valence electrons. The molecule has 1 N–H and O–H groups in total. The van der Waals surface area contributed by atoms with E-state index in [4.69, 9.17) is 9.52 Å². The molecule has 0 aromatic carbocycles. The zero-order chi connectivity index (χ0) is 16.6. The van der Waals surface area contributed by atoms with E-state index in [0.29, 0.717) is 31.0 Å². The van der Waals surface area contributed by atoms with Crippen LogP contribution in [0.2, 0.25) is 0 Å². The van der Waals surface area contributed by atoms with Crippen LogP contribution in [-0.4, -0.2) is 55.0 Å². The third-order valence-electron chi connectivity index (χ3n) is 3.88. The topological polar surface area (TPSA) is 114 Å². The molecular formula is C14H17N5O4. The first-order valence-electron chi connectivity index (χ1n) is 7.35. The highest BCUT2D eigenvalue weighted by Gasteiger charge is 2.32. The number of nitrogens with zero attached hydrogens (tertiary/aromatic N) is 5. The summed E-state index contributed by atoms with van der Waals surface area (Å²) < 4.78 is 6.80. The number of carbonyl (C=O) groups is 2. The summed E-state index contributed by atoms with van der Waals surface area (Å²) in [6.07, 6.45) is 3.35. The van der Waals surface area contributed by atoms with Crippen LogP contribution < -0.4 is 0 Å². The van der Waals surface area contributed by atoms with Crippen molar-refractivity contribution in [3.63, 3.8) is 0 Å². The molecule has 0 bridgehead atoms. The van der Waals surface area contributed by atoms with Crippen molar-refractivity contribution in [1.29, 1.82) is 0 Å². The molecule has 1 atom stereocenters. The van der Waals surface area contributed by atoms with E-state index in [2.05, 4.69) is 15.3 Å². The second-order valence-corrected chi connectivity index (χ2v) is 5.80. The van der Waals surface area contributed by atoms with Gasteiger partial charge in [0.15, 0.2) is 17.8 Å². The van der Waals surface area contributed by atoms with Gasteiger partial charge in [0.25, 0.3) is 5.91 Å². The second-order valence-electron chi connectivity index (χ2n) is 5.80. The first-order valence-corrected chi connectivity index (χ1v) is 7.35. The van der Waals surface area contributed by atoms with E-state index >= 15 is 0 Å². The summed E-state index contributed by atoms with van der Waals surface area (Å²) in [5.74, 6) is -0.648. The molecule has 9 nitrogen and oxygen atoms in total. The fourth-order valence-corrected chi connectivity index (χ4v) is 2.67. The van der Waals surface area contributed by atoms with Crippen molar-refractivity contribution in [2.24, 2.45) is 0 Å². The van der Waals surface area contributed by atoms with E-state index in [1.807, 2.05) is 13.8 Å². The van der Waals surface area contributed by atoms with E-state index in [0.717, 1.165) is 0 Å². The number of carboxylic acid groups (broad SMARTS) is 1. The number of aromatic carboxylic acids is 1. The van der Waals surface area contributed by atoms with E-state index in [1.165, 1.54) is 17.3 Å². The Morgan fingerprint density at radius 2 is 2.22 bits per heavy atom. The molecule has 1 amide bonds. The number of rotatable bonds is 4. The van der Waals surface area contributed by atoms with Crippen molar-refractivity contribution in [3.8, 4) is 0 Å². The van der Waals surface area contributed by atoms with Crippen LogP contribution in [0.3, 0.4) is 0 Å². The predicted octanol–water partition coefficient (Wildman–Crippen LogP) is 1.17. The molecular weight excluding hydrogens is 302 g/mol. The molecule has 0 spiro atoms. The zero-order valence-corrected chi connectivity index (χ0v) is 12.8. The molecule has 3 heterocycles. The Morgan fingerprint density at radius 3 is 2.87 bits per heavy atom. The Balaban J connectivity index is 1.72. The van der Waals surface area contributed by atoms with Crippen molar-refractivity contribution < 1.29 is 19.1 Å². The molecule has 23 heavy (non-hydrogen) atoms. The fourth-order valence-electron chi connectivity index (χ4n) is 2.67. The monoisotopic (exact) mass is 319 g/mol. The van der Waals surface area contributed by atoms with Crippen molar-refractivity contribution in [2.75, 3.05) is 13.1 Å². The zero-order valence-electron chi connectivity index (χ0n) is 12.8. The summed E-state index contributed by atoms with van der Waals surface area (Å²) in [4.78, 5) is 29.2. The third-order valence-corrected chi connectivity index (χ3v) is 3.88. The molecule has 1 saturated heterocycles. The van der Waals surface area contributed by atoms with Gasteiger partial charge in [0.05, 0.1) is 12.2 Å². The molecule has 1 fully saturated rings. The Morgan fingerprint density at radius 1 is 1.43 bits per heavy atom. The number of hydrogen-bond donors (Lipinski definition) is 1. The Bertz CT molecular complexity index is 735. The predicted molar refractivity (Wildman–Crippen MR) is 77.1 cm³/mol. The first kappa shape index (κ1) is 15.2. The van der Waals surface area contributed by atoms with Crippen molar-refractivity contribution >= 4 is 11.9 Å². The molecule has 9 heteroatoms. The lowest BCUT2D eigenvalue weighted by Gasteiger charge is -2.16. The van der Waals surface area contributed by atoms with Gasteiger partial charge in [0.1, 0.15) is 5.76 Å². The maximum Gasteiger partial charge on any atom is 0.358 e. The summed E-state index contributed by atoms with van der Waals surface area (Å²) in [6, 6.07) is -0.0889. The van der Waals surface area contributed by atoms with Crippen LogP contribution in [0, 0.1) is 0 Å². The summed E-state index contributed by atoms with van der Waals surface area (Å²) in [6.45, 7) is 4.86. The summed E-state index contributed by atoms with van der Waals surface area (Å²) in [7, 11) is 0. The Kier molecular flexibility index (Phi) is 3.85. The standard InChI is InChI=1S/C14H17N5O4/c1-8(2)12-11(15-7-23-12)13(20)18-4-3-9(5-18)19-6-10(14(21)22)16-17-19/h6-9H,3-5H2,1-2H3,(H,21,22). The van der Waals surface area contributed by atoms with Crippen LogP contribution in [0.5, 0.6) is 0 Å². The number of carbonyl (C=O) groups excluding carboxylic acids is 1. The number of likely N-dealkylation sites (tertiary alicyclic amines) is 1. The highest BCUT2D eigenvalue weighted by molar-refractivity contribution is 5.93. The lowest BCUT2D eigenvalue weighted by atomic mass is 10.1. The molecule has 1 aliphatic rings. The van der Waals surface area contributed by atoms with Crippen LogP contribution in [-0.2, 0) is 0 Å². The number of aromatic nitrogens is 4. The largest absolute Gasteiger partial charge is 0.476 e. The van der Waals surface area contributed by atoms with Crippen LogP contribution in [0.1, 0.15) is 59.0 Å². The highest BCUT2D eigenvalue weighted by atomic mass is 16.4. The minimum absolute atomic E-state index is 0.0725. The number of hydrogen-bond acceptors (Lipinski definition) is 6. The quantitative estimate of drug-likeness (QED) is 0.899. The summed E-state index contributed by atoms with van der Waals surface area (Å²) in [5, 5.41) is 16.3. The number of oxazole rings is 1. The van der Waals surface area contributed by atoms with Gasteiger partial charge in [-0.15, -0.1) is 5.10 Å².